The Morgan fingerprint density at radius 1 is 1.33 bits per heavy atom. The second kappa shape index (κ2) is 8.16. The summed E-state index contributed by atoms with van der Waals surface area (Å²) in [5.74, 6) is 0.663. The van der Waals surface area contributed by atoms with Crippen LogP contribution in [0, 0.1) is 5.92 Å². The maximum Gasteiger partial charge on any atom is 0.317 e. The van der Waals surface area contributed by atoms with E-state index in [0.717, 1.165) is 18.8 Å². The molecule has 18 heavy (non-hydrogen) atoms. The molecule has 0 saturated heterocycles. The molecule has 1 aromatic rings. The van der Waals surface area contributed by atoms with Crippen molar-refractivity contribution in [2.45, 2.75) is 18.7 Å². The number of carboxylic acids is 1. The van der Waals surface area contributed by atoms with Crippen molar-refractivity contribution < 1.29 is 9.90 Å². The molecule has 0 bridgehead atoms. The number of benzene rings is 1. The largest absolute Gasteiger partial charge is 0.480 e. The summed E-state index contributed by atoms with van der Waals surface area (Å²) in [4.78, 5) is 14.0. The molecule has 0 aliphatic rings. The first-order valence-electron chi connectivity index (χ1n) is 6.20. The van der Waals surface area contributed by atoms with Gasteiger partial charge in [0.1, 0.15) is 0 Å². The number of aliphatic carboxylic acids is 1. The van der Waals surface area contributed by atoms with Gasteiger partial charge in [-0.05, 0) is 18.1 Å². The Kier molecular flexibility index (Phi) is 6.83. The van der Waals surface area contributed by atoms with Crippen LogP contribution in [0.3, 0.4) is 0 Å². The second-order valence-electron chi connectivity index (χ2n) is 4.68. The lowest BCUT2D eigenvalue weighted by atomic mass is 10.2. The van der Waals surface area contributed by atoms with E-state index in [-0.39, 0.29) is 6.54 Å². The molecule has 3 nitrogen and oxygen atoms in total. The maximum atomic E-state index is 10.8. The minimum absolute atomic E-state index is 0.132. The van der Waals surface area contributed by atoms with E-state index in [1.165, 1.54) is 4.90 Å². The van der Waals surface area contributed by atoms with E-state index in [4.69, 9.17) is 5.11 Å². The van der Waals surface area contributed by atoms with E-state index >= 15 is 0 Å². The predicted molar refractivity (Wildman–Crippen MR) is 76.1 cm³/mol. The molecule has 4 heteroatoms. The summed E-state index contributed by atoms with van der Waals surface area (Å²) in [6, 6.07) is 10.2. The van der Waals surface area contributed by atoms with Crippen LogP contribution < -0.4 is 0 Å². The molecule has 1 rings (SSSR count). The Labute approximate surface area is 113 Å². The molecular formula is C14H21NO2S. The summed E-state index contributed by atoms with van der Waals surface area (Å²) < 4.78 is 0. The van der Waals surface area contributed by atoms with E-state index in [9.17, 15) is 4.79 Å². The highest BCUT2D eigenvalue weighted by atomic mass is 32.2. The molecule has 0 aromatic heterocycles. The van der Waals surface area contributed by atoms with Gasteiger partial charge in [0.15, 0.2) is 0 Å². The zero-order chi connectivity index (χ0) is 13.4. The minimum atomic E-state index is -0.750. The van der Waals surface area contributed by atoms with Crippen molar-refractivity contribution in [1.29, 1.82) is 0 Å². The average Bonchev–Trinajstić information content (AvgIpc) is 2.28. The molecule has 0 atom stereocenters. The molecule has 1 aromatic carbocycles. The van der Waals surface area contributed by atoms with Gasteiger partial charge in [-0.15, -0.1) is 11.8 Å². The first kappa shape index (κ1) is 15.1. The predicted octanol–water partition coefficient (Wildman–Crippen LogP) is 2.82. The van der Waals surface area contributed by atoms with Crippen molar-refractivity contribution in [3.05, 3.63) is 30.3 Å². The quantitative estimate of drug-likeness (QED) is 0.735. The summed E-state index contributed by atoms with van der Waals surface area (Å²) in [7, 11) is 0. The Hall–Kier alpha value is -1.00. The smallest absolute Gasteiger partial charge is 0.317 e. The molecule has 1 N–H and O–H groups in total. The van der Waals surface area contributed by atoms with E-state index in [1.54, 1.807) is 11.8 Å². The van der Waals surface area contributed by atoms with Gasteiger partial charge in [-0.25, -0.2) is 0 Å². The van der Waals surface area contributed by atoms with Crippen molar-refractivity contribution in [1.82, 2.24) is 4.90 Å². The fraction of sp³-hybridized carbons (Fsp3) is 0.500. The number of carbonyl (C=O) groups is 1. The molecule has 0 aliphatic carbocycles. The standard InChI is InChI=1S/C14H21NO2S/c1-12(2)10-15(11-14(16)17)8-9-18-13-6-4-3-5-7-13/h3-7,12H,8-11H2,1-2H3,(H,16,17). The molecule has 0 heterocycles. The summed E-state index contributed by atoms with van der Waals surface area (Å²) >= 11 is 1.77. The molecular weight excluding hydrogens is 246 g/mol. The van der Waals surface area contributed by atoms with Gasteiger partial charge < -0.3 is 5.11 Å². The van der Waals surface area contributed by atoms with Crippen molar-refractivity contribution >= 4 is 17.7 Å². The topological polar surface area (TPSA) is 40.5 Å². The highest BCUT2D eigenvalue weighted by Gasteiger charge is 2.11. The zero-order valence-corrected chi connectivity index (χ0v) is 11.8. The van der Waals surface area contributed by atoms with Crippen LogP contribution in [0.4, 0.5) is 0 Å². The van der Waals surface area contributed by atoms with Crippen molar-refractivity contribution in [2.75, 3.05) is 25.4 Å². The van der Waals surface area contributed by atoms with E-state index in [0.29, 0.717) is 5.92 Å². The lowest BCUT2D eigenvalue weighted by Gasteiger charge is -2.21. The Balaban J connectivity index is 2.34. The van der Waals surface area contributed by atoms with Crippen LogP contribution >= 0.6 is 11.8 Å². The fourth-order valence-electron chi connectivity index (χ4n) is 1.75. The molecule has 0 saturated carbocycles. The van der Waals surface area contributed by atoms with Crippen LogP contribution in [0.5, 0.6) is 0 Å². The number of rotatable bonds is 8. The molecule has 0 fully saturated rings. The SMILES string of the molecule is CC(C)CN(CCSc1ccccc1)CC(=O)O. The van der Waals surface area contributed by atoms with Crippen molar-refractivity contribution in [3.8, 4) is 0 Å². The number of nitrogens with zero attached hydrogens (tertiary/aromatic N) is 1. The van der Waals surface area contributed by atoms with Gasteiger partial charge >= 0.3 is 5.97 Å². The minimum Gasteiger partial charge on any atom is -0.480 e. The Bertz CT molecular complexity index is 354. The van der Waals surface area contributed by atoms with Gasteiger partial charge in [-0.3, -0.25) is 9.69 Å². The van der Waals surface area contributed by atoms with Crippen LogP contribution in [0.25, 0.3) is 0 Å². The van der Waals surface area contributed by atoms with Crippen LogP contribution in [0.2, 0.25) is 0 Å². The third kappa shape index (κ3) is 6.67. The summed E-state index contributed by atoms with van der Waals surface area (Å²) in [6.45, 7) is 6.00. The van der Waals surface area contributed by atoms with Gasteiger partial charge in [0.2, 0.25) is 0 Å². The summed E-state index contributed by atoms with van der Waals surface area (Å²) in [6.07, 6.45) is 0. The van der Waals surface area contributed by atoms with Gasteiger partial charge in [-0.2, -0.15) is 0 Å². The van der Waals surface area contributed by atoms with Gasteiger partial charge in [0.25, 0.3) is 0 Å². The normalized spacial score (nSPS) is 11.1. The third-order valence-electron chi connectivity index (χ3n) is 2.40. The van der Waals surface area contributed by atoms with E-state index in [2.05, 4.69) is 26.0 Å². The van der Waals surface area contributed by atoms with Gasteiger partial charge in [0, 0.05) is 23.7 Å². The van der Waals surface area contributed by atoms with Crippen LogP contribution in [-0.2, 0) is 4.79 Å². The summed E-state index contributed by atoms with van der Waals surface area (Å²) in [5.41, 5.74) is 0. The number of hydrogen-bond donors (Lipinski definition) is 1. The first-order valence-corrected chi connectivity index (χ1v) is 7.18. The molecule has 0 unspecified atom stereocenters. The van der Waals surface area contributed by atoms with Crippen molar-refractivity contribution in [3.63, 3.8) is 0 Å². The van der Waals surface area contributed by atoms with Gasteiger partial charge in [0.05, 0.1) is 6.54 Å². The maximum absolute atomic E-state index is 10.8. The van der Waals surface area contributed by atoms with Crippen LogP contribution in [0.1, 0.15) is 13.8 Å². The molecule has 0 aliphatic heterocycles. The first-order chi connectivity index (χ1) is 8.58. The molecule has 100 valence electrons. The highest BCUT2D eigenvalue weighted by molar-refractivity contribution is 7.99. The lowest BCUT2D eigenvalue weighted by Crippen LogP contribution is -2.34. The third-order valence-corrected chi connectivity index (χ3v) is 3.39. The summed E-state index contributed by atoms with van der Waals surface area (Å²) in [5, 5.41) is 8.86. The monoisotopic (exact) mass is 267 g/mol. The number of carboxylic acid groups (broad SMARTS) is 1. The molecule has 0 radical (unpaired) electrons. The molecule has 0 amide bonds. The second-order valence-corrected chi connectivity index (χ2v) is 5.85. The molecule has 0 spiro atoms. The highest BCUT2D eigenvalue weighted by Crippen LogP contribution is 2.16. The van der Waals surface area contributed by atoms with Crippen LogP contribution in [0.15, 0.2) is 35.2 Å². The van der Waals surface area contributed by atoms with Gasteiger partial charge in [-0.1, -0.05) is 32.0 Å². The fourth-order valence-corrected chi connectivity index (χ4v) is 2.69. The Morgan fingerprint density at radius 2 is 2.00 bits per heavy atom. The van der Waals surface area contributed by atoms with E-state index < -0.39 is 5.97 Å². The number of hydrogen-bond acceptors (Lipinski definition) is 3. The van der Waals surface area contributed by atoms with Crippen LogP contribution in [-0.4, -0.2) is 41.4 Å². The number of thioether (sulfide) groups is 1. The Morgan fingerprint density at radius 3 is 2.56 bits per heavy atom. The van der Waals surface area contributed by atoms with E-state index in [1.807, 2.05) is 23.1 Å². The lowest BCUT2D eigenvalue weighted by molar-refractivity contribution is -0.138. The average molecular weight is 267 g/mol. The zero-order valence-electron chi connectivity index (χ0n) is 11.0. The van der Waals surface area contributed by atoms with Crippen molar-refractivity contribution in [2.24, 2.45) is 5.92 Å².